The van der Waals surface area contributed by atoms with E-state index in [4.69, 9.17) is 11.6 Å². The first kappa shape index (κ1) is 13.9. The number of halogens is 1. The number of rotatable bonds is 4. The van der Waals surface area contributed by atoms with E-state index < -0.39 is 0 Å². The average molecular weight is 302 g/mol. The predicted octanol–water partition coefficient (Wildman–Crippen LogP) is 2.85. The number of hydrogen-bond acceptors (Lipinski definition) is 3. The summed E-state index contributed by atoms with van der Waals surface area (Å²) in [6.07, 6.45) is 1.02. The molecular formula is C16H16ClN3O. The third-order valence-electron chi connectivity index (χ3n) is 3.78. The summed E-state index contributed by atoms with van der Waals surface area (Å²) >= 11 is 5.91. The molecule has 1 heterocycles. The lowest BCUT2D eigenvalue weighted by Gasteiger charge is -2.30. The predicted molar refractivity (Wildman–Crippen MR) is 84.0 cm³/mol. The fraction of sp³-hybridized carbons (Fsp3) is 0.250. The van der Waals surface area contributed by atoms with Crippen LogP contribution in [-0.4, -0.2) is 24.5 Å². The largest absolute Gasteiger partial charge is 0.373 e. The second-order valence-corrected chi connectivity index (χ2v) is 5.51. The third kappa shape index (κ3) is 2.85. The molecular weight excluding hydrogens is 286 g/mol. The zero-order valence-electron chi connectivity index (χ0n) is 11.7. The molecule has 1 aliphatic rings. The maximum Gasteiger partial charge on any atom is 0.251 e. The van der Waals surface area contributed by atoms with Crippen molar-refractivity contribution in [3.8, 4) is 0 Å². The molecule has 4 nitrogen and oxygen atoms in total. The van der Waals surface area contributed by atoms with Gasteiger partial charge >= 0.3 is 0 Å². The quantitative estimate of drug-likeness (QED) is 0.854. The lowest BCUT2D eigenvalue weighted by Crippen LogP contribution is -2.33. The van der Waals surface area contributed by atoms with Crippen LogP contribution >= 0.6 is 11.6 Å². The van der Waals surface area contributed by atoms with Gasteiger partial charge in [0, 0.05) is 25.1 Å². The fourth-order valence-corrected chi connectivity index (χ4v) is 2.83. The van der Waals surface area contributed by atoms with Crippen molar-refractivity contribution in [1.29, 1.82) is 0 Å². The van der Waals surface area contributed by atoms with Crippen LogP contribution in [0.1, 0.15) is 27.4 Å². The lowest BCUT2D eigenvalue weighted by atomic mass is 9.77. The van der Waals surface area contributed by atoms with E-state index in [1.165, 1.54) is 11.1 Å². The van der Waals surface area contributed by atoms with Gasteiger partial charge in [-0.05, 0) is 29.7 Å². The number of benzene rings is 1. The Kier molecular flexibility index (Phi) is 3.80. The molecule has 0 saturated heterocycles. The Labute approximate surface area is 128 Å². The van der Waals surface area contributed by atoms with Crippen molar-refractivity contribution in [3.05, 3.63) is 58.2 Å². The van der Waals surface area contributed by atoms with Crippen molar-refractivity contribution in [1.82, 2.24) is 10.3 Å². The number of nitrogens with one attached hydrogen (secondary N) is 2. The van der Waals surface area contributed by atoms with Gasteiger partial charge in [0.15, 0.2) is 0 Å². The van der Waals surface area contributed by atoms with Crippen LogP contribution < -0.4 is 10.6 Å². The number of amides is 1. The van der Waals surface area contributed by atoms with Crippen LogP contribution in [0.5, 0.6) is 0 Å². The van der Waals surface area contributed by atoms with Crippen LogP contribution in [-0.2, 0) is 6.42 Å². The van der Waals surface area contributed by atoms with Crippen LogP contribution in [0.15, 0.2) is 36.4 Å². The number of aromatic nitrogens is 1. The molecule has 1 atom stereocenters. The molecule has 2 aromatic rings. The minimum absolute atomic E-state index is 0.125. The molecule has 1 amide bonds. The van der Waals surface area contributed by atoms with Gasteiger partial charge in [-0.2, -0.15) is 0 Å². The van der Waals surface area contributed by atoms with Crippen LogP contribution in [0.25, 0.3) is 0 Å². The first-order valence-corrected chi connectivity index (χ1v) is 7.26. The second-order valence-electron chi connectivity index (χ2n) is 5.12. The standard InChI is InChI=1S/C16H16ClN3O/c1-18-15-8-11(7-14(17)20-15)16(21)19-9-12-6-10-4-2-3-5-13(10)12/h2-5,7-8,12H,6,9H2,1H3,(H,18,20)(H,19,21). The lowest BCUT2D eigenvalue weighted by molar-refractivity contribution is 0.0950. The molecule has 5 heteroatoms. The van der Waals surface area contributed by atoms with E-state index in [2.05, 4.69) is 27.8 Å². The van der Waals surface area contributed by atoms with E-state index in [1.807, 2.05) is 12.1 Å². The molecule has 0 spiro atoms. The summed E-state index contributed by atoms with van der Waals surface area (Å²) in [7, 11) is 1.74. The highest BCUT2D eigenvalue weighted by Crippen LogP contribution is 2.34. The van der Waals surface area contributed by atoms with E-state index in [0.29, 0.717) is 29.0 Å². The molecule has 3 rings (SSSR count). The molecule has 1 unspecified atom stereocenters. The fourth-order valence-electron chi connectivity index (χ4n) is 2.62. The SMILES string of the molecule is CNc1cc(C(=O)NCC2Cc3ccccc32)cc(Cl)n1. The van der Waals surface area contributed by atoms with Crippen LogP contribution in [0.3, 0.4) is 0 Å². The first-order valence-electron chi connectivity index (χ1n) is 6.88. The van der Waals surface area contributed by atoms with Gasteiger partial charge in [-0.15, -0.1) is 0 Å². The summed E-state index contributed by atoms with van der Waals surface area (Å²) in [6.45, 7) is 0.644. The molecule has 1 aliphatic carbocycles. The molecule has 0 bridgehead atoms. The summed E-state index contributed by atoms with van der Waals surface area (Å²) in [4.78, 5) is 16.3. The smallest absolute Gasteiger partial charge is 0.251 e. The Morgan fingerprint density at radius 1 is 1.38 bits per heavy atom. The highest BCUT2D eigenvalue weighted by Gasteiger charge is 2.25. The summed E-state index contributed by atoms with van der Waals surface area (Å²) < 4.78 is 0. The molecule has 108 valence electrons. The van der Waals surface area contributed by atoms with Crippen molar-refractivity contribution >= 4 is 23.3 Å². The Hall–Kier alpha value is -2.07. The van der Waals surface area contributed by atoms with E-state index in [0.717, 1.165) is 6.42 Å². The summed E-state index contributed by atoms with van der Waals surface area (Å²) in [5.41, 5.74) is 3.23. The maximum absolute atomic E-state index is 12.2. The Morgan fingerprint density at radius 2 is 2.19 bits per heavy atom. The van der Waals surface area contributed by atoms with Crippen molar-refractivity contribution in [2.24, 2.45) is 0 Å². The van der Waals surface area contributed by atoms with E-state index in [1.54, 1.807) is 19.2 Å². The number of hydrogen-bond donors (Lipinski definition) is 2. The normalized spacial score (nSPS) is 15.8. The van der Waals surface area contributed by atoms with Crippen LogP contribution in [0, 0.1) is 0 Å². The number of carbonyl (C=O) groups is 1. The Morgan fingerprint density at radius 3 is 2.95 bits per heavy atom. The first-order chi connectivity index (χ1) is 10.2. The van der Waals surface area contributed by atoms with E-state index >= 15 is 0 Å². The maximum atomic E-state index is 12.2. The zero-order valence-corrected chi connectivity index (χ0v) is 12.4. The summed E-state index contributed by atoms with van der Waals surface area (Å²) in [5, 5.41) is 6.16. The molecule has 2 N–H and O–H groups in total. The minimum Gasteiger partial charge on any atom is -0.373 e. The highest BCUT2D eigenvalue weighted by molar-refractivity contribution is 6.29. The zero-order chi connectivity index (χ0) is 14.8. The molecule has 21 heavy (non-hydrogen) atoms. The average Bonchev–Trinajstić information content (AvgIpc) is 2.47. The van der Waals surface area contributed by atoms with Gasteiger partial charge in [-0.3, -0.25) is 4.79 Å². The highest BCUT2D eigenvalue weighted by atomic mass is 35.5. The molecule has 1 aromatic carbocycles. The molecule has 0 radical (unpaired) electrons. The number of pyridine rings is 1. The van der Waals surface area contributed by atoms with Gasteiger partial charge in [-0.25, -0.2) is 4.98 Å². The third-order valence-corrected chi connectivity index (χ3v) is 3.98. The van der Waals surface area contributed by atoms with Crippen molar-refractivity contribution < 1.29 is 4.79 Å². The molecule has 0 aliphatic heterocycles. The van der Waals surface area contributed by atoms with Gasteiger partial charge < -0.3 is 10.6 Å². The molecule has 1 aromatic heterocycles. The summed E-state index contributed by atoms with van der Waals surface area (Å²) in [6, 6.07) is 11.6. The van der Waals surface area contributed by atoms with Crippen LogP contribution in [0.4, 0.5) is 5.82 Å². The van der Waals surface area contributed by atoms with Gasteiger partial charge in [-0.1, -0.05) is 35.9 Å². The van der Waals surface area contributed by atoms with Crippen molar-refractivity contribution in [2.45, 2.75) is 12.3 Å². The minimum atomic E-state index is -0.125. The Balaban J connectivity index is 1.64. The second kappa shape index (κ2) is 5.74. The topological polar surface area (TPSA) is 54.0 Å². The van der Waals surface area contributed by atoms with Gasteiger partial charge in [0.25, 0.3) is 5.91 Å². The number of anilines is 1. The monoisotopic (exact) mass is 301 g/mol. The van der Waals surface area contributed by atoms with Crippen molar-refractivity contribution in [3.63, 3.8) is 0 Å². The number of fused-ring (bicyclic) bond motifs is 1. The van der Waals surface area contributed by atoms with E-state index in [-0.39, 0.29) is 5.91 Å². The molecule has 0 saturated carbocycles. The molecule has 0 fully saturated rings. The number of nitrogens with zero attached hydrogens (tertiary/aromatic N) is 1. The van der Waals surface area contributed by atoms with Gasteiger partial charge in [0.2, 0.25) is 0 Å². The summed E-state index contributed by atoms with van der Waals surface area (Å²) in [5.74, 6) is 0.869. The number of carbonyl (C=O) groups excluding carboxylic acids is 1. The van der Waals surface area contributed by atoms with Gasteiger partial charge in [0.05, 0.1) is 0 Å². The van der Waals surface area contributed by atoms with Crippen molar-refractivity contribution in [2.75, 3.05) is 18.9 Å². The van der Waals surface area contributed by atoms with Gasteiger partial charge in [0.1, 0.15) is 11.0 Å². The van der Waals surface area contributed by atoms with Crippen LogP contribution in [0.2, 0.25) is 5.15 Å². The van der Waals surface area contributed by atoms with E-state index in [9.17, 15) is 4.79 Å². The Bertz CT molecular complexity index is 687.